The van der Waals surface area contributed by atoms with Crippen LogP contribution in [-0.4, -0.2) is 42.3 Å². The van der Waals surface area contributed by atoms with Crippen LogP contribution in [0.5, 0.6) is 11.5 Å². The van der Waals surface area contributed by atoms with E-state index < -0.39 is 11.4 Å². The Bertz CT molecular complexity index is 678. The van der Waals surface area contributed by atoms with Crippen LogP contribution in [-0.2, 0) is 11.2 Å². The highest BCUT2D eigenvalue weighted by Gasteiger charge is 2.32. The van der Waals surface area contributed by atoms with E-state index in [1.807, 2.05) is 19.9 Å². The molecule has 0 unspecified atom stereocenters. The molecule has 0 saturated heterocycles. The first-order chi connectivity index (χ1) is 10.3. The minimum atomic E-state index is -0.848. The molecule has 118 valence electrons. The van der Waals surface area contributed by atoms with E-state index in [1.54, 1.807) is 13.2 Å². The quantitative estimate of drug-likeness (QED) is 0.494. The van der Waals surface area contributed by atoms with E-state index in [2.05, 4.69) is 10.1 Å². The number of rotatable bonds is 4. The van der Waals surface area contributed by atoms with Gasteiger partial charge in [-0.15, -0.1) is 0 Å². The van der Waals surface area contributed by atoms with E-state index in [9.17, 15) is 4.79 Å². The highest BCUT2D eigenvalue weighted by Crippen LogP contribution is 2.36. The summed E-state index contributed by atoms with van der Waals surface area (Å²) in [6.45, 7) is 3.84. The van der Waals surface area contributed by atoms with Crippen LogP contribution in [0.2, 0.25) is 0 Å². The minimum absolute atomic E-state index is 0.252. The molecular weight excluding hydrogens is 286 g/mol. The summed E-state index contributed by atoms with van der Waals surface area (Å²) in [6.07, 6.45) is 0.643. The zero-order valence-corrected chi connectivity index (χ0v) is 13.0. The van der Waals surface area contributed by atoms with Crippen molar-refractivity contribution in [3.63, 3.8) is 0 Å². The molecule has 0 fully saturated rings. The highest BCUT2D eigenvalue weighted by atomic mass is 16.5. The van der Waals surface area contributed by atoms with Crippen molar-refractivity contribution in [1.29, 1.82) is 0 Å². The van der Waals surface area contributed by atoms with Gasteiger partial charge in [0.1, 0.15) is 5.71 Å². The van der Waals surface area contributed by atoms with Crippen LogP contribution < -0.4 is 15.2 Å². The number of methoxy groups -OCH3 is 2. The standard InChI is InChI=1S/C15H19N3O4/c1-15(2)7-8-5-10(21-3)11(22-4)6-9(8)12(17-15)13(18-20)14(16)19/h5-6,20H,7H2,1-4H3,(H2,16,19). The average molecular weight is 305 g/mol. The van der Waals surface area contributed by atoms with Gasteiger partial charge in [0.05, 0.1) is 19.8 Å². The number of amides is 1. The molecule has 1 aliphatic heterocycles. The Kier molecular flexibility index (Phi) is 4.07. The van der Waals surface area contributed by atoms with Gasteiger partial charge in [-0.05, 0) is 38.0 Å². The van der Waals surface area contributed by atoms with Gasteiger partial charge in [-0.1, -0.05) is 5.16 Å². The van der Waals surface area contributed by atoms with Crippen LogP contribution >= 0.6 is 0 Å². The number of aliphatic imine (C=N–C) groups is 1. The number of carbonyl (C=O) groups is 1. The molecule has 0 aliphatic carbocycles. The first kappa shape index (κ1) is 15.8. The first-order valence-corrected chi connectivity index (χ1v) is 6.70. The molecule has 3 N–H and O–H groups in total. The van der Waals surface area contributed by atoms with E-state index in [1.165, 1.54) is 7.11 Å². The van der Waals surface area contributed by atoms with Crippen LogP contribution in [0.3, 0.4) is 0 Å². The van der Waals surface area contributed by atoms with Crippen LogP contribution in [0, 0.1) is 0 Å². The first-order valence-electron chi connectivity index (χ1n) is 6.70. The van der Waals surface area contributed by atoms with Crippen LogP contribution in [0.15, 0.2) is 22.3 Å². The Labute approximate surface area is 128 Å². The zero-order valence-electron chi connectivity index (χ0n) is 13.0. The van der Waals surface area contributed by atoms with Gasteiger partial charge in [-0.3, -0.25) is 9.79 Å². The van der Waals surface area contributed by atoms with Crippen molar-refractivity contribution in [3.8, 4) is 11.5 Å². The third kappa shape index (κ3) is 2.74. The van der Waals surface area contributed by atoms with Crippen molar-refractivity contribution >= 4 is 17.3 Å². The van der Waals surface area contributed by atoms with Crippen molar-refractivity contribution in [2.45, 2.75) is 25.8 Å². The smallest absolute Gasteiger partial charge is 0.273 e. The van der Waals surface area contributed by atoms with E-state index in [-0.39, 0.29) is 11.4 Å². The Balaban J connectivity index is 2.71. The van der Waals surface area contributed by atoms with E-state index in [0.717, 1.165) is 5.56 Å². The van der Waals surface area contributed by atoms with Gasteiger partial charge in [-0.25, -0.2) is 0 Å². The van der Waals surface area contributed by atoms with Crippen molar-refractivity contribution in [2.75, 3.05) is 14.2 Å². The lowest BCUT2D eigenvalue weighted by molar-refractivity contribution is -0.111. The lowest BCUT2D eigenvalue weighted by Gasteiger charge is -2.29. The fourth-order valence-corrected chi connectivity index (χ4v) is 2.55. The maximum Gasteiger partial charge on any atom is 0.273 e. The number of nitrogens with zero attached hydrogens (tertiary/aromatic N) is 2. The molecule has 0 bridgehead atoms. The van der Waals surface area contributed by atoms with Crippen molar-refractivity contribution < 1.29 is 19.5 Å². The SMILES string of the molecule is COc1cc2c(cc1OC)C(C(=NO)C(N)=O)=NC(C)(C)C2. The molecule has 0 aromatic heterocycles. The molecule has 7 nitrogen and oxygen atoms in total. The summed E-state index contributed by atoms with van der Waals surface area (Å²) in [5, 5.41) is 12.1. The summed E-state index contributed by atoms with van der Waals surface area (Å²) in [5.41, 5.74) is 6.35. The third-order valence-electron chi connectivity index (χ3n) is 3.46. The molecule has 22 heavy (non-hydrogen) atoms. The lowest BCUT2D eigenvalue weighted by atomic mass is 9.85. The molecule has 1 aromatic rings. The Hall–Kier alpha value is -2.57. The molecular formula is C15H19N3O4. The number of fused-ring (bicyclic) bond motifs is 1. The monoisotopic (exact) mass is 305 g/mol. The molecule has 1 aliphatic rings. The average Bonchev–Trinajstić information content (AvgIpc) is 2.45. The molecule has 1 aromatic carbocycles. The normalized spacial score (nSPS) is 16.5. The van der Waals surface area contributed by atoms with Crippen LogP contribution in [0.1, 0.15) is 25.0 Å². The predicted octanol–water partition coefficient (Wildman–Crippen LogP) is 1.14. The van der Waals surface area contributed by atoms with Crippen molar-refractivity contribution in [1.82, 2.24) is 0 Å². The molecule has 0 saturated carbocycles. The van der Waals surface area contributed by atoms with Crippen molar-refractivity contribution in [2.24, 2.45) is 15.9 Å². The summed E-state index contributed by atoms with van der Waals surface area (Å²) in [4.78, 5) is 16.0. The third-order valence-corrected chi connectivity index (χ3v) is 3.46. The summed E-state index contributed by atoms with van der Waals surface area (Å²) >= 11 is 0. The fourth-order valence-electron chi connectivity index (χ4n) is 2.55. The molecule has 0 radical (unpaired) electrons. The molecule has 0 spiro atoms. The number of hydrogen-bond acceptors (Lipinski definition) is 6. The molecule has 7 heteroatoms. The number of oxime groups is 1. The summed E-state index contributed by atoms with van der Waals surface area (Å²) in [5.74, 6) is 0.231. The largest absolute Gasteiger partial charge is 0.493 e. The number of ether oxygens (including phenoxy) is 2. The zero-order chi connectivity index (χ0) is 16.5. The second-order valence-electron chi connectivity index (χ2n) is 5.63. The Morgan fingerprint density at radius 1 is 1.32 bits per heavy atom. The van der Waals surface area contributed by atoms with Gasteiger partial charge >= 0.3 is 0 Å². The number of nitrogens with two attached hydrogens (primary N) is 1. The number of hydrogen-bond donors (Lipinski definition) is 2. The van der Waals surface area contributed by atoms with E-state index in [0.29, 0.717) is 23.5 Å². The number of benzene rings is 1. The van der Waals surface area contributed by atoms with E-state index in [4.69, 9.17) is 20.4 Å². The van der Waals surface area contributed by atoms with Gasteiger partial charge in [-0.2, -0.15) is 0 Å². The van der Waals surface area contributed by atoms with E-state index >= 15 is 0 Å². The van der Waals surface area contributed by atoms with Gasteiger partial charge in [0.25, 0.3) is 5.91 Å². The predicted molar refractivity (Wildman–Crippen MR) is 82.3 cm³/mol. The maximum absolute atomic E-state index is 11.5. The van der Waals surface area contributed by atoms with Crippen LogP contribution in [0.4, 0.5) is 0 Å². The topological polar surface area (TPSA) is 106 Å². The second-order valence-corrected chi connectivity index (χ2v) is 5.63. The number of primary amides is 1. The second kappa shape index (κ2) is 5.67. The fraction of sp³-hybridized carbons (Fsp3) is 0.400. The highest BCUT2D eigenvalue weighted by molar-refractivity contribution is 6.70. The summed E-state index contributed by atoms with van der Waals surface area (Å²) in [7, 11) is 3.07. The number of carbonyl (C=O) groups excluding carboxylic acids is 1. The van der Waals surface area contributed by atoms with Gasteiger partial charge in [0.2, 0.25) is 0 Å². The molecule has 0 atom stereocenters. The van der Waals surface area contributed by atoms with Gasteiger partial charge in [0, 0.05) is 5.56 Å². The van der Waals surface area contributed by atoms with Gasteiger partial charge in [0.15, 0.2) is 17.2 Å². The summed E-state index contributed by atoms with van der Waals surface area (Å²) in [6, 6.07) is 3.54. The van der Waals surface area contributed by atoms with Gasteiger partial charge < -0.3 is 20.4 Å². The Morgan fingerprint density at radius 3 is 2.41 bits per heavy atom. The Morgan fingerprint density at radius 2 is 1.91 bits per heavy atom. The molecule has 1 heterocycles. The summed E-state index contributed by atoms with van der Waals surface area (Å²) < 4.78 is 10.6. The molecule has 1 amide bonds. The molecule has 2 rings (SSSR count). The minimum Gasteiger partial charge on any atom is -0.493 e. The maximum atomic E-state index is 11.5. The van der Waals surface area contributed by atoms with Crippen LogP contribution in [0.25, 0.3) is 0 Å². The lowest BCUT2D eigenvalue weighted by Crippen LogP contribution is -2.38. The van der Waals surface area contributed by atoms with Crippen molar-refractivity contribution in [3.05, 3.63) is 23.3 Å².